The molecule has 4 rings (SSSR count). The van der Waals surface area contributed by atoms with Gasteiger partial charge in [-0.3, -0.25) is 9.69 Å². The summed E-state index contributed by atoms with van der Waals surface area (Å²) in [6, 6.07) is 20.3. The lowest BCUT2D eigenvalue weighted by molar-refractivity contribution is -0.152. The van der Waals surface area contributed by atoms with Crippen LogP contribution in [-0.2, 0) is 26.1 Å². The molecular formula is C36H44F2NO3. The van der Waals surface area contributed by atoms with Crippen molar-refractivity contribution < 1.29 is 23.0 Å². The Balaban J connectivity index is 1.89. The maximum atomic E-state index is 14.8. The lowest BCUT2D eigenvalue weighted by atomic mass is 9.63. The van der Waals surface area contributed by atoms with Crippen LogP contribution in [0.2, 0.25) is 0 Å². The maximum absolute atomic E-state index is 14.8. The zero-order valence-corrected chi connectivity index (χ0v) is 25.5. The highest BCUT2D eigenvalue weighted by atomic mass is 19.2. The average molecular weight is 577 g/mol. The van der Waals surface area contributed by atoms with Crippen LogP contribution in [0.25, 0.3) is 0 Å². The zero-order valence-electron chi connectivity index (χ0n) is 25.5. The molecule has 0 aliphatic carbocycles. The fourth-order valence-corrected chi connectivity index (χ4v) is 6.99. The number of ether oxygens (including phenoxy) is 2. The number of benzene rings is 3. The van der Waals surface area contributed by atoms with E-state index in [-0.39, 0.29) is 23.8 Å². The number of carbonyl (C=O) groups excluding carboxylic acids is 1. The molecule has 5 atom stereocenters. The number of aryl methyl sites for hydroxylation is 2. The van der Waals surface area contributed by atoms with Crippen LogP contribution in [0.5, 0.6) is 0 Å². The molecule has 4 nitrogen and oxygen atoms in total. The van der Waals surface area contributed by atoms with Crippen molar-refractivity contribution in [2.75, 3.05) is 27.4 Å². The summed E-state index contributed by atoms with van der Waals surface area (Å²) in [6.45, 7) is 11.5. The van der Waals surface area contributed by atoms with Crippen molar-refractivity contribution in [1.82, 2.24) is 4.90 Å². The minimum absolute atomic E-state index is 0.00765. The van der Waals surface area contributed by atoms with Gasteiger partial charge in [0.1, 0.15) is 6.04 Å². The van der Waals surface area contributed by atoms with Crippen LogP contribution >= 0.6 is 0 Å². The van der Waals surface area contributed by atoms with E-state index in [4.69, 9.17) is 9.47 Å². The smallest absolute Gasteiger partial charge is 0.323 e. The van der Waals surface area contributed by atoms with Crippen LogP contribution in [-0.4, -0.2) is 44.3 Å². The lowest BCUT2D eigenvalue weighted by Gasteiger charge is -2.51. The second-order valence-electron chi connectivity index (χ2n) is 11.8. The van der Waals surface area contributed by atoms with E-state index in [0.717, 1.165) is 12.8 Å². The van der Waals surface area contributed by atoms with Crippen molar-refractivity contribution in [2.45, 2.75) is 64.0 Å². The van der Waals surface area contributed by atoms with Crippen LogP contribution in [0.15, 0.2) is 66.7 Å². The molecule has 6 heteroatoms. The van der Waals surface area contributed by atoms with Crippen LogP contribution in [0.1, 0.15) is 67.0 Å². The third-order valence-electron chi connectivity index (χ3n) is 9.03. The van der Waals surface area contributed by atoms with Crippen molar-refractivity contribution in [2.24, 2.45) is 11.8 Å². The van der Waals surface area contributed by atoms with Gasteiger partial charge in [0.25, 0.3) is 0 Å². The lowest BCUT2D eigenvalue weighted by Crippen LogP contribution is -2.54. The number of carbonyl (C=O) groups is 1. The van der Waals surface area contributed by atoms with Crippen LogP contribution in [0.3, 0.4) is 0 Å². The van der Waals surface area contributed by atoms with Gasteiger partial charge < -0.3 is 9.47 Å². The first-order valence-electron chi connectivity index (χ1n) is 14.9. The van der Waals surface area contributed by atoms with Gasteiger partial charge >= 0.3 is 5.97 Å². The third kappa shape index (κ3) is 6.60. The van der Waals surface area contributed by atoms with Crippen LogP contribution in [0, 0.1) is 37.3 Å². The predicted octanol–water partition coefficient (Wildman–Crippen LogP) is 7.62. The number of esters is 1. The number of likely N-dealkylation sites (tertiary alicyclic amines) is 1. The molecule has 0 amide bonds. The Labute approximate surface area is 250 Å². The van der Waals surface area contributed by atoms with Gasteiger partial charge in [-0.1, -0.05) is 74.0 Å². The van der Waals surface area contributed by atoms with Crippen LogP contribution < -0.4 is 0 Å². The molecule has 1 fully saturated rings. The number of methoxy groups -OCH3 is 2. The summed E-state index contributed by atoms with van der Waals surface area (Å²) in [5.74, 6) is -2.24. The molecule has 3 aromatic carbocycles. The summed E-state index contributed by atoms with van der Waals surface area (Å²) in [6.07, 6.45) is 2.86. The largest absolute Gasteiger partial charge is 0.468 e. The van der Waals surface area contributed by atoms with E-state index in [1.807, 2.05) is 6.92 Å². The molecule has 0 aromatic heterocycles. The average Bonchev–Trinajstić information content (AvgIpc) is 2.99. The summed E-state index contributed by atoms with van der Waals surface area (Å²) in [5, 5.41) is 0. The summed E-state index contributed by atoms with van der Waals surface area (Å²) in [4.78, 5) is 15.6. The van der Waals surface area contributed by atoms with E-state index >= 15 is 0 Å². The summed E-state index contributed by atoms with van der Waals surface area (Å²) in [5.41, 5.74) is 5.09. The Morgan fingerprint density at radius 1 is 1.07 bits per heavy atom. The molecule has 1 saturated heterocycles. The van der Waals surface area contributed by atoms with Gasteiger partial charge in [0, 0.05) is 31.7 Å². The first-order chi connectivity index (χ1) is 20.1. The van der Waals surface area contributed by atoms with Gasteiger partial charge in [-0.2, -0.15) is 0 Å². The van der Waals surface area contributed by atoms with Gasteiger partial charge in [-0.05, 0) is 85.8 Å². The minimum atomic E-state index is -0.895. The van der Waals surface area contributed by atoms with Crippen LogP contribution in [0.4, 0.5) is 8.78 Å². The maximum Gasteiger partial charge on any atom is 0.323 e. The SMILES string of the molecule is [CH2]C(COC)CC(C)C(C(=O)OC)N1CCC(c2ccc(C)cc2)(c2ccccc2CC)CC1c1ccc(F)c(F)c1. The van der Waals surface area contributed by atoms with Gasteiger partial charge in [-0.15, -0.1) is 0 Å². The first-order valence-corrected chi connectivity index (χ1v) is 14.9. The number of piperidine rings is 1. The Bertz CT molecular complexity index is 1340. The van der Waals surface area contributed by atoms with Crippen molar-refractivity contribution >= 4 is 5.97 Å². The Kier molecular flexibility index (Phi) is 10.6. The Hall–Kier alpha value is -3.09. The van der Waals surface area contributed by atoms with Crippen molar-refractivity contribution in [3.8, 4) is 0 Å². The van der Waals surface area contributed by atoms with E-state index in [2.05, 4.69) is 74.2 Å². The minimum Gasteiger partial charge on any atom is -0.468 e. The molecule has 1 radical (unpaired) electrons. The first kappa shape index (κ1) is 31.8. The molecule has 0 N–H and O–H groups in total. The molecule has 42 heavy (non-hydrogen) atoms. The normalized spacial score (nSPS) is 21.5. The quantitative estimate of drug-likeness (QED) is 0.220. The molecule has 0 saturated carbocycles. The van der Waals surface area contributed by atoms with Gasteiger partial charge in [-0.25, -0.2) is 8.78 Å². The molecule has 1 aliphatic rings. The fourth-order valence-electron chi connectivity index (χ4n) is 6.99. The molecule has 1 aliphatic heterocycles. The monoisotopic (exact) mass is 576 g/mol. The third-order valence-corrected chi connectivity index (χ3v) is 9.03. The molecular weight excluding hydrogens is 532 g/mol. The molecule has 225 valence electrons. The molecule has 5 unspecified atom stereocenters. The van der Waals surface area contributed by atoms with Gasteiger partial charge in [0.15, 0.2) is 11.6 Å². The number of hydrogen-bond acceptors (Lipinski definition) is 4. The van der Waals surface area contributed by atoms with E-state index in [1.54, 1.807) is 13.2 Å². The van der Waals surface area contributed by atoms with Crippen molar-refractivity contribution in [3.63, 3.8) is 0 Å². The number of hydrogen-bond donors (Lipinski definition) is 0. The molecule has 1 heterocycles. The van der Waals surface area contributed by atoms with E-state index in [0.29, 0.717) is 31.6 Å². The zero-order chi connectivity index (χ0) is 30.4. The Morgan fingerprint density at radius 2 is 1.79 bits per heavy atom. The number of rotatable bonds is 11. The van der Waals surface area contributed by atoms with E-state index in [9.17, 15) is 13.6 Å². The molecule has 3 aromatic rings. The molecule has 0 bridgehead atoms. The van der Waals surface area contributed by atoms with Gasteiger partial charge in [0.05, 0.1) is 7.11 Å². The van der Waals surface area contributed by atoms with Crippen molar-refractivity contribution in [1.29, 1.82) is 0 Å². The molecule has 0 spiro atoms. The summed E-state index contributed by atoms with van der Waals surface area (Å²) in [7, 11) is 3.05. The summed E-state index contributed by atoms with van der Waals surface area (Å²) >= 11 is 0. The second-order valence-corrected chi connectivity index (χ2v) is 11.8. The highest BCUT2D eigenvalue weighted by Crippen LogP contribution is 2.50. The number of halogens is 2. The fraction of sp³-hybridized carbons (Fsp3) is 0.444. The van der Waals surface area contributed by atoms with Crippen molar-refractivity contribution in [3.05, 3.63) is 113 Å². The number of nitrogens with zero attached hydrogens (tertiary/aromatic N) is 1. The second kappa shape index (κ2) is 13.9. The summed E-state index contributed by atoms with van der Waals surface area (Å²) < 4.78 is 39.7. The van der Waals surface area contributed by atoms with E-state index in [1.165, 1.54) is 41.5 Å². The Morgan fingerprint density at radius 3 is 2.43 bits per heavy atom. The van der Waals surface area contributed by atoms with E-state index < -0.39 is 23.1 Å². The van der Waals surface area contributed by atoms with Gasteiger partial charge in [0.2, 0.25) is 0 Å². The topological polar surface area (TPSA) is 38.8 Å². The predicted molar refractivity (Wildman–Crippen MR) is 163 cm³/mol. The highest BCUT2D eigenvalue weighted by Gasteiger charge is 2.48. The highest BCUT2D eigenvalue weighted by molar-refractivity contribution is 5.76. The standard InChI is InChI=1S/C36H44F2NO3/c1-7-27-10-8-9-11-30(27)36(29-15-12-24(2)13-16-29)18-19-39(33(22-36)28-14-17-31(37)32(38)21-28)34(35(40)42-6)26(4)20-25(3)23-41-5/h8-17,21,25-26,33-34H,3,7,18-20,22-23H2,1-2,4-6H3.